The number of rotatable bonds is 1. The van der Waals surface area contributed by atoms with Crippen molar-refractivity contribution in [2.75, 3.05) is 7.11 Å². The molecule has 0 unspecified atom stereocenters. The van der Waals surface area contributed by atoms with E-state index in [0.29, 0.717) is 5.56 Å². The predicted molar refractivity (Wildman–Crippen MR) is 76.7 cm³/mol. The van der Waals surface area contributed by atoms with Gasteiger partial charge >= 0.3 is 5.97 Å². The van der Waals surface area contributed by atoms with Gasteiger partial charge in [0.05, 0.1) is 12.7 Å². The van der Waals surface area contributed by atoms with Gasteiger partial charge in [0, 0.05) is 4.47 Å². The minimum atomic E-state index is -0.313. The molecule has 20 heavy (non-hydrogen) atoms. The van der Waals surface area contributed by atoms with Gasteiger partial charge in [-0.2, -0.15) is 0 Å². The van der Waals surface area contributed by atoms with Crippen LogP contribution in [0.3, 0.4) is 0 Å². The summed E-state index contributed by atoms with van der Waals surface area (Å²) in [5.74, 6) is -0.313. The smallest absolute Gasteiger partial charge is 0.337 e. The first-order valence-electron chi connectivity index (χ1n) is 6.36. The van der Waals surface area contributed by atoms with Crippen LogP contribution in [0.1, 0.15) is 44.8 Å². The van der Waals surface area contributed by atoms with Crippen LogP contribution in [0.15, 0.2) is 40.9 Å². The van der Waals surface area contributed by atoms with Crippen LogP contribution in [0.4, 0.5) is 0 Å². The van der Waals surface area contributed by atoms with Gasteiger partial charge in [-0.25, -0.2) is 4.79 Å². The summed E-state index contributed by atoms with van der Waals surface area (Å²) in [4.78, 5) is 11.6. The molecule has 2 atom stereocenters. The molecule has 0 saturated heterocycles. The molecule has 2 aliphatic heterocycles. The summed E-state index contributed by atoms with van der Waals surface area (Å²) >= 11 is 3.50. The van der Waals surface area contributed by atoms with E-state index in [0.717, 1.165) is 15.6 Å². The molecule has 2 bridgehead atoms. The van der Waals surface area contributed by atoms with Gasteiger partial charge in [0.2, 0.25) is 0 Å². The Morgan fingerprint density at radius 2 is 1.70 bits per heavy atom. The summed E-state index contributed by atoms with van der Waals surface area (Å²) in [6.07, 6.45) is -0.0862. The van der Waals surface area contributed by atoms with E-state index in [2.05, 4.69) is 28.1 Å². The van der Waals surface area contributed by atoms with Gasteiger partial charge in [-0.05, 0) is 46.5 Å². The Bertz CT molecular complexity index is 738. The van der Waals surface area contributed by atoms with Crippen LogP contribution >= 0.6 is 15.9 Å². The number of fused-ring (bicyclic) bond motifs is 8. The summed E-state index contributed by atoms with van der Waals surface area (Å²) in [5.41, 5.74) is 5.19. The van der Waals surface area contributed by atoms with Crippen molar-refractivity contribution in [2.45, 2.75) is 12.2 Å². The van der Waals surface area contributed by atoms with Gasteiger partial charge in [0.15, 0.2) is 0 Å². The van der Waals surface area contributed by atoms with Crippen LogP contribution in [0.2, 0.25) is 0 Å². The standard InChI is InChI=1S/C16H11BrO3/c1-19-16(18)8-2-4-10-12(6-8)14-11-5-3-9(17)7-13(11)15(10)20-14/h2-7,14-15H,1H3/t14-,15-/m0/s1. The van der Waals surface area contributed by atoms with Crippen molar-refractivity contribution in [2.24, 2.45) is 0 Å². The number of ether oxygens (including phenoxy) is 2. The first-order valence-corrected chi connectivity index (χ1v) is 7.15. The molecule has 0 N–H and O–H groups in total. The number of methoxy groups -OCH3 is 1. The number of carbonyl (C=O) groups excluding carboxylic acids is 1. The Morgan fingerprint density at radius 1 is 1.05 bits per heavy atom. The number of hydrogen-bond acceptors (Lipinski definition) is 3. The molecule has 0 amide bonds. The van der Waals surface area contributed by atoms with E-state index in [-0.39, 0.29) is 18.2 Å². The van der Waals surface area contributed by atoms with Crippen LogP contribution in [0.5, 0.6) is 0 Å². The Balaban J connectivity index is 1.85. The van der Waals surface area contributed by atoms with Crippen LogP contribution in [-0.2, 0) is 9.47 Å². The van der Waals surface area contributed by atoms with Gasteiger partial charge in [-0.15, -0.1) is 0 Å². The van der Waals surface area contributed by atoms with Crippen LogP contribution in [0, 0.1) is 0 Å². The first-order chi connectivity index (χ1) is 9.69. The molecule has 2 aliphatic rings. The molecule has 0 spiro atoms. The van der Waals surface area contributed by atoms with Gasteiger partial charge in [0.1, 0.15) is 12.2 Å². The summed E-state index contributed by atoms with van der Waals surface area (Å²) in [6, 6.07) is 11.9. The normalized spacial score (nSPS) is 21.5. The third-order valence-electron chi connectivity index (χ3n) is 3.96. The summed E-state index contributed by atoms with van der Waals surface area (Å²) in [5, 5.41) is 0. The topological polar surface area (TPSA) is 35.5 Å². The van der Waals surface area contributed by atoms with E-state index >= 15 is 0 Å². The van der Waals surface area contributed by atoms with Crippen molar-refractivity contribution in [1.29, 1.82) is 0 Å². The third-order valence-corrected chi connectivity index (χ3v) is 4.45. The molecular formula is C16H11BrO3. The number of benzene rings is 2. The van der Waals surface area contributed by atoms with E-state index < -0.39 is 0 Å². The molecule has 0 aromatic heterocycles. The van der Waals surface area contributed by atoms with Crippen molar-refractivity contribution in [3.05, 3.63) is 68.7 Å². The van der Waals surface area contributed by atoms with E-state index in [1.54, 1.807) is 6.07 Å². The van der Waals surface area contributed by atoms with E-state index in [9.17, 15) is 4.79 Å². The van der Waals surface area contributed by atoms with Gasteiger partial charge in [0.25, 0.3) is 0 Å². The number of esters is 1. The molecule has 3 nitrogen and oxygen atoms in total. The van der Waals surface area contributed by atoms with E-state index in [4.69, 9.17) is 9.47 Å². The molecule has 2 aromatic carbocycles. The second kappa shape index (κ2) is 4.17. The average molecular weight is 331 g/mol. The quantitative estimate of drug-likeness (QED) is 0.747. The average Bonchev–Trinajstić information content (AvgIpc) is 3.02. The summed E-state index contributed by atoms with van der Waals surface area (Å²) in [7, 11) is 1.39. The molecule has 0 radical (unpaired) electrons. The maximum atomic E-state index is 11.6. The monoisotopic (exact) mass is 330 g/mol. The van der Waals surface area contributed by atoms with Crippen LogP contribution in [0.25, 0.3) is 0 Å². The maximum absolute atomic E-state index is 11.6. The summed E-state index contributed by atoms with van der Waals surface area (Å²) < 4.78 is 11.9. The number of halogens is 1. The van der Waals surface area contributed by atoms with E-state index in [1.807, 2.05) is 18.2 Å². The van der Waals surface area contributed by atoms with Crippen molar-refractivity contribution < 1.29 is 14.3 Å². The third kappa shape index (κ3) is 1.52. The van der Waals surface area contributed by atoms with Gasteiger partial charge in [-0.3, -0.25) is 0 Å². The van der Waals surface area contributed by atoms with Crippen molar-refractivity contribution in [1.82, 2.24) is 0 Å². The largest absolute Gasteiger partial charge is 0.465 e. The molecule has 0 saturated carbocycles. The lowest BCUT2D eigenvalue weighted by Crippen LogP contribution is -2.07. The zero-order valence-corrected chi connectivity index (χ0v) is 12.3. The van der Waals surface area contributed by atoms with E-state index in [1.165, 1.54) is 18.2 Å². The fourth-order valence-electron chi connectivity index (χ4n) is 3.06. The SMILES string of the molecule is COC(=O)c1ccc2c(c1)[C@H]1O[C@@H]2c2cc(Br)ccc21. The second-order valence-electron chi connectivity index (χ2n) is 5.00. The predicted octanol–water partition coefficient (Wildman–Crippen LogP) is 3.76. The molecule has 0 aliphatic carbocycles. The molecule has 4 rings (SSSR count). The Morgan fingerprint density at radius 3 is 2.40 bits per heavy atom. The maximum Gasteiger partial charge on any atom is 0.337 e. The lowest BCUT2D eigenvalue weighted by Gasteiger charge is -2.16. The first kappa shape index (κ1) is 12.1. The molecule has 2 heterocycles. The van der Waals surface area contributed by atoms with Gasteiger partial charge < -0.3 is 9.47 Å². The zero-order valence-electron chi connectivity index (χ0n) is 10.7. The van der Waals surface area contributed by atoms with Crippen molar-refractivity contribution >= 4 is 21.9 Å². The zero-order chi connectivity index (χ0) is 13.9. The highest BCUT2D eigenvalue weighted by Gasteiger charge is 2.42. The molecule has 2 aromatic rings. The van der Waals surface area contributed by atoms with Crippen LogP contribution in [-0.4, -0.2) is 13.1 Å². The number of hydrogen-bond donors (Lipinski definition) is 0. The minimum Gasteiger partial charge on any atom is -0.465 e. The highest BCUT2D eigenvalue weighted by atomic mass is 79.9. The highest BCUT2D eigenvalue weighted by Crippen LogP contribution is 2.54. The van der Waals surface area contributed by atoms with Crippen molar-refractivity contribution in [3.63, 3.8) is 0 Å². The fraction of sp³-hybridized carbons (Fsp3) is 0.188. The Labute approximate surface area is 124 Å². The van der Waals surface area contributed by atoms with Gasteiger partial charge in [-0.1, -0.05) is 28.1 Å². The molecular weight excluding hydrogens is 320 g/mol. The highest BCUT2D eigenvalue weighted by molar-refractivity contribution is 9.10. The lowest BCUT2D eigenvalue weighted by molar-refractivity contribution is 0.0600. The van der Waals surface area contributed by atoms with Crippen molar-refractivity contribution in [3.8, 4) is 0 Å². The van der Waals surface area contributed by atoms with Crippen LogP contribution < -0.4 is 0 Å². The summed E-state index contributed by atoms with van der Waals surface area (Å²) in [6.45, 7) is 0. The fourth-order valence-corrected chi connectivity index (χ4v) is 3.44. The minimum absolute atomic E-state index is 0.0193. The lowest BCUT2D eigenvalue weighted by atomic mass is 9.85. The molecule has 0 fully saturated rings. The second-order valence-corrected chi connectivity index (χ2v) is 5.92. The number of carbonyl (C=O) groups is 1. The molecule has 100 valence electrons. The Hall–Kier alpha value is -1.65. The molecule has 4 heteroatoms. The Kier molecular flexibility index (Phi) is 2.53.